The molecule has 0 spiro atoms. The van der Waals surface area contributed by atoms with Gasteiger partial charge in [-0.3, -0.25) is 4.79 Å². The van der Waals surface area contributed by atoms with E-state index < -0.39 is 6.29 Å². The number of hydrogen-bond donors (Lipinski definition) is 1. The summed E-state index contributed by atoms with van der Waals surface area (Å²) < 4.78 is 11.9. The molecule has 29 heavy (non-hydrogen) atoms. The molecule has 3 rings (SSSR count). The van der Waals surface area contributed by atoms with Gasteiger partial charge in [0.2, 0.25) is 6.29 Å². The number of aryl methyl sites for hydroxylation is 1. The number of nitrogen functional groups attached to an aromatic ring is 1. The van der Waals surface area contributed by atoms with Crippen molar-refractivity contribution in [1.82, 2.24) is 0 Å². The molecule has 2 aromatic rings. The number of ether oxygens (including phenoxy) is 2. The zero-order chi connectivity index (χ0) is 21.0. The van der Waals surface area contributed by atoms with Crippen molar-refractivity contribution in [3.8, 4) is 0 Å². The molecule has 1 aliphatic heterocycles. The maximum Gasteiger partial charge on any atom is 0.315 e. The van der Waals surface area contributed by atoms with Gasteiger partial charge in [0.25, 0.3) is 0 Å². The summed E-state index contributed by atoms with van der Waals surface area (Å²) in [6, 6.07) is 18.1. The molecule has 1 saturated heterocycles. The lowest BCUT2D eigenvalue weighted by molar-refractivity contribution is -0.253. The molecule has 0 radical (unpaired) electrons. The van der Waals surface area contributed by atoms with Crippen molar-refractivity contribution in [2.24, 2.45) is 11.3 Å². The van der Waals surface area contributed by atoms with E-state index in [-0.39, 0.29) is 28.7 Å². The Bertz CT molecular complexity index is 818. The average Bonchev–Trinajstić information content (AvgIpc) is 2.67. The van der Waals surface area contributed by atoms with E-state index in [9.17, 15) is 4.79 Å². The molecule has 1 fully saturated rings. The lowest BCUT2D eigenvalue weighted by Gasteiger charge is -2.41. The van der Waals surface area contributed by atoms with Crippen molar-refractivity contribution in [1.29, 1.82) is 0 Å². The van der Waals surface area contributed by atoms with Crippen LogP contribution in [0.5, 0.6) is 0 Å². The molecule has 0 saturated carbocycles. The minimum absolute atomic E-state index is 0.00308. The molecule has 5 heteroatoms. The first kappa shape index (κ1) is 21.7. The molecular weight excluding hydrogens is 382 g/mol. The molecule has 2 N–H and O–H groups in total. The largest absolute Gasteiger partial charge is 0.435 e. The van der Waals surface area contributed by atoms with Gasteiger partial charge in [-0.05, 0) is 37.5 Å². The highest BCUT2D eigenvalue weighted by Crippen LogP contribution is 2.40. The van der Waals surface area contributed by atoms with Crippen LogP contribution in [0.1, 0.15) is 39.7 Å². The van der Waals surface area contributed by atoms with Crippen LogP contribution in [0, 0.1) is 11.3 Å². The van der Waals surface area contributed by atoms with Crippen LogP contribution in [0.25, 0.3) is 0 Å². The van der Waals surface area contributed by atoms with Crippen LogP contribution >= 0.6 is 11.8 Å². The Morgan fingerprint density at radius 3 is 2.34 bits per heavy atom. The predicted molar refractivity (Wildman–Crippen MR) is 119 cm³/mol. The first-order valence-electron chi connectivity index (χ1n) is 10.2. The lowest BCUT2D eigenvalue weighted by Crippen LogP contribution is -2.50. The fourth-order valence-electron chi connectivity index (χ4n) is 3.53. The summed E-state index contributed by atoms with van der Waals surface area (Å²) in [6.45, 7) is 8.03. The summed E-state index contributed by atoms with van der Waals surface area (Å²) in [4.78, 5) is 14.0. The zero-order valence-electron chi connectivity index (χ0n) is 17.6. The highest BCUT2D eigenvalue weighted by Gasteiger charge is 2.45. The molecule has 0 amide bonds. The van der Waals surface area contributed by atoms with Crippen molar-refractivity contribution >= 4 is 23.4 Å². The molecule has 4 nitrogen and oxygen atoms in total. The molecule has 4 atom stereocenters. The Labute approximate surface area is 178 Å². The predicted octanol–water partition coefficient (Wildman–Crippen LogP) is 5.31. The topological polar surface area (TPSA) is 61.5 Å². The second-order valence-electron chi connectivity index (χ2n) is 8.72. The number of carbonyl (C=O) groups excluding carboxylic acids is 1. The molecule has 0 aromatic heterocycles. The number of hydrogen-bond acceptors (Lipinski definition) is 5. The molecule has 2 aromatic carbocycles. The third-order valence-electron chi connectivity index (χ3n) is 5.20. The van der Waals surface area contributed by atoms with E-state index in [0.29, 0.717) is 0 Å². The van der Waals surface area contributed by atoms with E-state index in [1.165, 1.54) is 5.56 Å². The van der Waals surface area contributed by atoms with Gasteiger partial charge >= 0.3 is 5.97 Å². The Morgan fingerprint density at radius 1 is 1.07 bits per heavy atom. The minimum Gasteiger partial charge on any atom is -0.435 e. The Kier molecular flexibility index (Phi) is 6.91. The number of carbonyl (C=O) groups is 1. The van der Waals surface area contributed by atoms with Gasteiger partial charge in [0.15, 0.2) is 0 Å². The number of nitrogens with two attached hydrogens (primary N) is 1. The summed E-state index contributed by atoms with van der Waals surface area (Å²) in [6.07, 6.45) is 0.961. The van der Waals surface area contributed by atoms with Crippen molar-refractivity contribution in [3.63, 3.8) is 0 Å². The van der Waals surface area contributed by atoms with Crippen LogP contribution in [0.4, 0.5) is 5.69 Å². The van der Waals surface area contributed by atoms with Gasteiger partial charge < -0.3 is 15.2 Å². The van der Waals surface area contributed by atoms with E-state index >= 15 is 0 Å². The van der Waals surface area contributed by atoms with E-state index in [1.807, 2.05) is 70.2 Å². The van der Waals surface area contributed by atoms with Gasteiger partial charge in [-0.25, -0.2) is 0 Å². The number of esters is 1. The van der Waals surface area contributed by atoms with Crippen LogP contribution in [-0.4, -0.2) is 23.6 Å². The van der Waals surface area contributed by atoms with Gasteiger partial charge in [0.1, 0.15) is 0 Å². The van der Waals surface area contributed by atoms with Crippen LogP contribution < -0.4 is 5.73 Å². The zero-order valence-corrected chi connectivity index (χ0v) is 18.4. The number of cyclic esters (lactones) is 1. The maximum absolute atomic E-state index is 13.0. The van der Waals surface area contributed by atoms with Crippen LogP contribution in [0.3, 0.4) is 0 Å². The second-order valence-corrected chi connectivity index (χ2v) is 10.0. The molecular formula is C24H31NO3S. The number of anilines is 1. The third kappa shape index (κ3) is 5.55. The number of thioether (sulfide) groups is 1. The Balaban J connectivity index is 1.81. The van der Waals surface area contributed by atoms with E-state index in [4.69, 9.17) is 15.2 Å². The third-order valence-corrected chi connectivity index (χ3v) is 6.66. The number of benzene rings is 2. The van der Waals surface area contributed by atoms with Crippen LogP contribution in [-0.2, 0) is 20.7 Å². The summed E-state index contributed by atoms with van der Waals surface area (Å²) in [5.41, 5.74) is 7.91. The van der Waals surface area contributed by atoms with Crippen molar-refractivity contribution < 1.29 is 14.3 Å². The molecule has 0 aliphatic carbocycles. The van der Waals surface area contributed by atoms with E-state index in [1.54, 1.807) is 11.8 Å². The smallest absolute Gasteiger partial charge is 0.315 e. The maximum atomic E-state index is 13.0. The highest BCUT2D eigenvalue weighted by atomic mass is 32.2. The van der Waals surface area contributed by atoms with E-state index in [2.05, 4.69) is 12.1 Å². The fourth-order valence-corrected chi connectivity index (χ4v) is 4.94. The highest BCUT2D eigenvalue weighted by molar-refractivity contribution is 8.00. The normalized spacial score (nSPS) is 23.4. The van der Waals surface area contributed by atoms with Crippen molar-refractivity contribution in [2.75, 3.05) is 5.73 Å². The SMILES string of the molecule is C[C@H]1O[C@@H](C(C)(C)C)OC(=O)[C@@H]1[C@H](CCc1ccccc1)Sc1ccccc1N. The van der Waals surface area contributed by atoms with Crippen LogP contribution in [0.2, 0.25) is 0 Å². The van der Waals surface area contributed by atoms with E-state index in [0.717, 1.165) is 23.4 Å². The van der Waals surface area contributed by atoms with Gasteiger partial charge in [-0.2, -0.15) is 0 Å². The first-order valence-corrected chi connectivity index (χ1v) is 11.0. The number of para-hydroxylation sites is 1. The quantitative estimate of drug-likeness (QED) is 0.395. The van der Waals surface area contributed by atoms with Gasteiger partial charge in [-0.15, -0.1) is 11.8 Å². The molecule has 156 valence electrons. The van der Waals surface area contributed by atoms with Gasteiger partial charge in [0.05, 0.1) is 12.0 Å². The average molecular weight is 414 g/mol. The van der Waals surface area contributed by atoms with Gasteiger partial charge in [0, 0.05) is 21.2 Å². The summed E-state index contributed by atoms with van der Waals surface area (Å²) >= 11 is 1.65. The first-order chi connectivity index (χ1) is 13.8. The monoisotopic (exact) mass is 413 g/mol. The summed E-state index contributed by atoms with van der Waals surface area (Å²) in [5, 5.41) is 0.00308. The number of rotatable bonds is 6. The van der Waals surface area contributed by atoms with Crippen LogP contribution in [0.15, 0.2) is 59.5 Å². The minimum atomic E-state index is -0.525. The molecule has 0 unspecified atom stereocenters. The lowest BCUT2D eigenvalue weighted by atomic mass is 9.90. The summed E-state index contributed by atoms with van der Waals surface area (Å²) in [5.74, 6) is -0.523. The van der Waals surface area contributed by atoms with Gasteiger partial charge in [-0.1, -0.05) is 63.2 Å². The fraction of sp³-hybridized carbons (Fsp3) is 0.458. The summed E-state index contributed by atoms with van der Waals surface area (Å²) in [7, 11) is 0. The Morgan fingerprint density at radius 2 is 1.72 bits per heavy atom. The molecule has 1 aliphatic rings. The molecule has 1 heterocycles. The molecule has 0 bridgehead atoms. The Hall–Kier alpha value is -1.98. The standard InChI is InChI=1S/C24H31NO3S/c1-16-21(22(26)28-23(27-16)24(2,3)4)20(15-14-17-10-6-5-7-11-17)29-19-13-9-8-12-18(19)25/h5-13,16,20-21,23H,14-15,25H2,1-4H3/t16-,20+,21+,23-/m1/s1. The van der Waals surface area contributed by atoms with Crippen molar-refractivity contribution in [2.45, 2.75) is 63.1 Å². The van der Waals surface area contributed by atoms with Crippen molar-refractivity contribution in [3.05, 3.63) is 60.2 Å². The second kappa shape index (κ2) is 9.23.